The summed E-state index contributed by atoms with van der Waals surface area (Å²) in [4.78, 5) is 22.7. The number of allylic oxidation sites excluding steroid dienone is 6. The van der Waals surface area contributed by atoms with Crippen molar-refractivity contribution in [2.45, 2.75) is 270 Å². The van der Waals surface area contributed by atoms with E-state index in [1.54, 1.807) is 0 Å². The number of rotatable bonds is 52. The van der Waals surface area contributed by atoms with Gasteiger partial charge in [0.15, 0.2) is 0 Å². The molecular formula is C54H103O9P. The van der Waals surface area contributed by atoms with Gasteiger partial charge in [-0.25, -0.2) is 4.57 Å². The van der Waals surface area contributed by atoms with Crippen LogP contribution < -0.4 is 0 Å². The largest absolute Gasteiger partial charge is 0.472 e. The molecule has 0 saturated carbocycles. The summed E-state index contributed by atoms with van der Waals surface area (Å²) >= 11 is 0. The van der Waals surface area contributed by atoms with E-state index >= 15 is 0 Å². The van der Waals surface area contributed by atoms with Crippen molar-refractivity contribution in [1.29, 1.82) is 0 Å². The molecule has 0 spiro atoms. The van der Waals surface area contributed by atoms with Crippen LogP contribution in [0, 0.1) is 0 Å². The molecule has 0 bridgehead atoms. The molecule has 3 N–H and O–H groups in total. The van der Waals surface area contributed by atoms with E-state index in [1.807, 2.05) is 0 Å². The number of ether oxygens (including phenoxy) is 2. The van der Waals surface area contributed by atoms with Crippen LogP contribution in [0.2, 0.25) is 0 Å². The molecule has 3 unspecified atom stereocenters. The molecule has 0 fully saturated rings. The monoisotopic (exact) mass is 927 g/mol. The summed E-state index contributed by atoms with van der Waals surface area (Å²) in [7, 11) is -4.52. The van der Waals surface area contributed by atoms with Gasteiger partial charge in [-0.15, -0.1) is 0 Å². The summed E-state index contributed by atoms with van der Waals surface area (Å²) in [5.74, 6) is -0.379. The van der Waals surface area contributed by atoms with Gasteiger partial charge in [0.2, 0.25) is 0 Å². The fourth-order valence-corrected chi connectivity index (χ4v) is 8.51. The van der Waals surface area contributed by atoms with Crippen LogP contribution in [0.3, 0.4) is 0 Å². The molecule has 0 aromatic heterocycles. The lowest BCUT2D eigenvalue weighted by Gasteiger charge is -2.20. The van der Waals surface area contributed by atoms with Gasteiger partial charge in [0.1, 0.15) is 12.2 Å². The van der Waals surface area contributed by atoms with E-state index in [1.165, 1.54) is 186 Å². The molecule has 10 heteroatoms. The molecule has 0 aliphatic heterocycles. The van der Waals surface area contributed by atoms with Crippen LogP contribution in [0.15, 0.2) is 36.5 Å². The average Bonchev–Trinajstić information content (AvgIpc) is 3.29. The van der Waals surface area contributed by atoms with Gasteiger partial charge in [-0.1, -0.05) is 237 Å². The Bertz CT molecular complexity index is 1100. The highest BCUT2D eigenvalue weighted by Gasteiger charge is 2.26. The highest BCUT2D eigenvalue weighted by atomic mass is 31.2. The van der Waals surface area contributed by atoms with Crippen molar-refractivity contribution in [2.75, 3.05) is 33.0 Å². The Balaban J connectivity index is 4.04. The zero-order chi connectivity index (χ0) is 46.7. The second kappa shape index (κ2) is 51.1. The smallest absolute Gasteiger partial charge is 0.457 e. The quantitative estimate of drug-likeness (QED) is 0.0236. The Morgan fingerprint density at radius 1 is 0.484 bits per heavy atom. The number of aliphatic hydroxyl groups is 2. The number of phosphoric ester groups is 1. The van der Waals surface area contributed by atoms with Gasteiger partial charge in [-0.05, 0) is 51.4 Å². The summed E-state index contributed by atoms with van der Waals surface area (Å²) in [6.07, 6.45) is 58.3. The molecule has 0 radical (unpaired) electrons. The van der Waals surface area contributed by atoms with Gasteiger partial charge >= 0.3 is 13.8 Å². The highest BCUT2D eigenvalue weighted by Crippen LogP contribution is 2.43. The number of phosphoric acid groups is 1. The van der Waals surface area contributed by atoms with Crippen LogP contribution in [-0.4, -0.2) is 66.3 Å². The van der Waals surface area contributed by atoms with Crippen LogP contribution in [-0.2, 0) is 27.9 Å². The summed E-state index contributed by atoms with van der Waals surface area (Å²) in [5, 5.41) is 18.4. The van der Waals surface area contributed by atoms with Gasteiger partial charge in [0, 0.05) is 13.0 Å². The maximum Gasteiger partial charge on any atom is 0.472 e. The van der Waals surface area contributed by atoms with Gasteiger partial charge in [-0.2, -0.15) is 0 Å². The van der Waals surface area contributed by atoms with E-state index < -0.39 is 33.2 Å². The average molecular weight is 927 g/mol. The Hall–Kier alpha value is -1.32. The summed E-state index contributed by atoms with van der Waals surface area (Å²) in [5.41, 5.74) is 0. The minimum atomic E-state index is -4.52. The van der Waals surface area contributed by atoms with Gasteiger partial charge < -0.3 is 24.6 Å². The first-order valence-electron chi connectivity index (χ1n) is 27.0. The first kappa shape index (κ1) is 62.7. The second-order valence-electron chi connectivity index (χ2n) is 18.3. The lowest BCUT2D eigenvalue weighted by atomic mass is 10.0. The minimum Gasteiger partial charge on any atom is -0.457 e. The zero-order valence-electron chi connectivity index (χ0n) is 41.8. The minimum absolute atomic E-state index is 0.0487. The van der Waals surface area contributed by atoms with E-state index in [0.717, 1.165) is 51.4 Å². The lowest BCUT2D eigenvalue weighted by molar-refractivity contribution is -0.154. The van der Waals surface area contributed by atoms with Crippen LogP contribution in [0.1, 0.15) is 258 Å². The summed E-state index contributed by atoms with van der Waals surface area (Å²) in [6, 6.07) is 0. The van der Waals surface area contributed by atoms with Gasteiger partial charge in [-0.3, -0.25) is 13.8 Å². The lowest BCUT2D eigenvalue weighted by Crippen LogP contribution is -2.29. The van der Waals surface area contributed by atoms with Crippen molar-refractivity contribution < 1.29 is 43.0 Å². The van der Waals surface area contributed by atoms with Crippen molar-refractivity contribution in [3.63, 3.8) is 0 Å². The summed E-state index contributed by atoms with van der Waals surface area (Å²) in [6.45, 7) is 3.55. The number of carbonyl (C=O) groups excluding carboxylic acids is 1. The van der Waals surface area contributed by atoms with Crippen molar-refractivity contribution >= 4 is 13.8 Å². The van der Waals surface area contributed by atoms with Crippen molar-refractivity contribution in [3.8, 4) is 0 Å². The van der Waals surface area contributed by atoms with E-state index in [-0.39, 0.29) is 25.6 Å². The fourth-order valence-electron chi connectivity index (χ4n) is 7.72. The molecule has 0 heterocycles. The maximum absolute atomic E-state index is 12.7. The third kappa shape index (κ3) is 50.1. The molecule has 0 saturated heterocycles. The molecule has 64 heavy (non-hydrogen) atoms. The third-order valence-electron chi connectivity index (χ3n) is 11.8. The van der Waals surface area contributed by atoms with E-state index in [4.69, 9.17) is 23.6 Å². The maximum atomic E-state index is 12.7. The standard InChI is InChI=1S/C54H103O9P/c1-3-5-7-9-11-13-15-17-19-21-23-24-25-26-27-29-31-33-35-37-39-41-43-45-47-60-50-53(51-62-64(58,59)61-49-52(56)48-55)63-54(57)46-44-42-40-38-36-34-32-30-28-22-20-18-16-14-12-10-8-6-4-2/h15,17,21,23,25-26,52-53,55-56H,3-14,16,18-20,22,24,27-51H2,1-2H3,(H,58,59)/b17-15-,23-21-,26-25-. The SMILES string of the molecule is CCCCCCC/C=C\C/C=C\C/C=C\CCCCCCCCCCCOCC(COP(=O)(O)OCC(O)CO)OC(=O)CCCCCCCCCCCCCCCCCCCCC. The van der Waals surface area contributed by atoms with Crippen LogP contribution >= 0.6 is 7.82 Å². The van der Waals surface area contributed by atoms with Gasteiger partial charge in [0.05, 0.1) is 26.4 Å². The van der Waals surface area contributed by atoms with Crippen molar-refractivity contribution in [2.24, 2.45) is 0 Å². The molecule has 0 aromatic rings. The number of aliphatic hydroxyl groups excluding tert-OH is 2. The second-order valence-corrected chi connectivity index (χ2v) is 19.7. The number of carbonyl (C=O) groups is 1. The number of hydrogen-bond acceptors (Lipinski definition) is 8. The number of hydrogen-bond donors (Lipinski definition) is 3. The Morgan fingerprint density at radius 2 is 0.844 bits per heavy atom. The topological polar surface area (TPSA) is 132 Å². The van der Waals surface area contributed by atoms with E-state index in [0.29, 0.717) is 6.61 Å². The molecule has 378 valence electrons. The van der Waals surface area contributed by atoms with Crippen LogP contribution in [0.25, 0.3) is 0 Å². The molecule has 0 aliphatic carbocycles. The summed E-state index contributed by atoms with van der Waals surface area (Å²) < 4.78 is 33.6. The predicted molar refractivity (Wildman–Crippen MR) is 270 cm³/mol. The third-order valence-corrected chi connectivity index (χ3v) is 12.8. The number of unbranched alkanes of at least 4 members (excludes halogenated alkanes) is 32. The highest BCUT2D eigenvalue weighted by molar-refractivity contribution is 7.47. The van der Waals surface area contributed by atoms with Crippen LogP contribution in [0.4, 0.5) is 0 Å². The molecule has 9 nitrogen and oxygen atoms in total. The van der Waals surface area contributed by atoms with Crippen LogP contribution in [0.5, 0.6) is 0 Å². The Morgan fingerprint density at radius 3 is 1.27 bits per heavy atom. The molecule has 0 amide bonds. The zero-order valence-corrected chi connectivity index (χ0v) is 42.7. The normalized spacial score (nSPS) is 14.0. The molecule has 0 aromatic carbocycles. The first-order valence-corrected chi connectivity index (χ1v) is 28.5. The molecule has 0 aliphatic rings. The molecule has 0 rings (SSSR count). The fraction of sp³-hybridized carbons (Fsp3) is 0.870. The van der Waals surface area contributed by atoms with E-state index in [9.17, 15) is 19.4 Å². The Labute approximate surface area is 395 Å². The number of esters is 1. The predicted octanol–water partition coefficient (Wildman–Crippen LogP) is 15.9. The van der Waals surface area contributed by atoms with E-state index in [2.05, 4.69) is 50.3 Å². The van der Waals surface area contributed by atoms with Gasteiger partial charge in [0.25, 0.3) is 0 Å². The molecule has 3 atom stereocenters. The van der Waals surface area contributed by atoms with Crippen molar-refractivity contribution in [3.05, 3.63) is 36.5 Å². The Kier molecular flexibility index (Phi) is 50.0. The first-order chi connectivity index (χ1) is 31.3. The molecular weight excluding hydrogens is 824 g/mol. The van der Waals surface area contributed by atoms with Crippen molar-refractivity contribution in [1.82, 2.24) is 0 Å².